The van der Waals surface area contributed by atoms with Gasteiger partial charge in [0.2, 0.25) is 0 Å². The number of aromatic nitrogens is 1. The van der Waals surface area contributed by atoms with Crippen molar-refractivity contribution >= 4 is 5.91 Å². The summed E-state index contributed by atoms with van der Waals surface area (Å²) in [6.07, 6.45) is 7.06. The zero-order chi connectivity index (χ0) is 18.4. The second kappa shape index (κ2) is 8.32. The Hall–Kier alpha value is -2.40. The first kappa shape index (κ1) is 18.4. The van der Waals surface area contributed by atoms with E-state index in [-0.39, 0.29) is 11.9 Å². The van der Waals surface area contributed by atoms with Gasteiger partial charge in [0.05, 0.1) is 12.2 Å². The zero-order valence-electron chi connectivity index (χ0n) is 15.1. The Balaban J connectivity index is 1.57. The average Bonchev–Trinajstić information content (AvgIpc) is 2.69. The maximum absolute atomic E-state index is 12.5. The minimum absolute atomic E-state index is 0.0691. The predicted octanol–water partition coefficient (Wildman–Crippen LogP) is 3.43. The molecule has 5 heteroatoms. The largest absolute Gasteiger partial charge is 0.494 e. The van der Waals surface area contributed by atoms with E-state index in [1.54, 1.807) is 24.5 Å². The summed E-state index contributed by atoms with van der Waals surface area (Å²) in [6.45, 7) is 2.69. The van der Waals surface area contributed by atoms with Crippen molar-refractivity contribution in [3.63, 3.8) is 0 Å². The highest BCUT2D eigenvalue weighted by atomic mass is 16.5. The smallest absolute Gasteiger partial charge is 0.251 e. The Bertz CT molecular complexity index is 725. The molecule has 1 aliphatic carbocycles. The third-order valence-electron chi connectivity index (χ3n) is 4.92. The van der Waals surface area contributed by atoms with Gasteiger partial charge in [-0.2, -0.15) is 0 Å². The number of carbonyl (C=O) groups excluding carboxylic acids is 1. The van der Waals surface area contributed by atoms with Crippen molar-refractivity contribution in [3.05, 3.63) is 59.9 Å². The van der Waals surface area contributed by atoms with E-state index in [1.165, 1.54) is 0 Å². The Labute approximate surface area is 154 Å². The maximum Gasteiger partial charge on any atom is 0.251 e. The molecule has 1 heterocycles. The highest BCUT2D eigenvalue weighted by Crippen LogP contribution is 2.36. The number of nitrogens with one attached hydrogen (secondary N) is 1. The molecule has 1 amide bonds. The molecule has 2 aromatic rings. The maximum atomic E-state index is 12.5. The fourth-order valence-electron chi connectivity index (χ4n) is 3.38. The molecule has 0 radical (unpaired) electrons. The number of amides is 1. The van der Waals surface area contributed by atoms with E-state index in [0.29, 0.717) is 30.8 Å². The molecule has 3 rings (SSSR count). The van der Waals surface area contributed by atoms with Gasteiger partial charge in [0, 0.05) is 29.6 Å². The standard InChI is InChI=1S/C21H26N2O3/c1-2-13-26-19-7-3-5-16(14-19)20(24)23-18-8-10-21(25,11-9-18)17-6-4-12-22-15-17/h3-7,12,14-15,18,25H,2,8-11,13H2,1H3,(H,23,24). The van der Waals surface area contributed by atoms with Crippen molar-refractivity contribution < 1.29 is 14.6 Å². The van der Waals surface area contributed by atoms with Gasteiger partial charge in [0.25, 0.3) is 5.91 Å². The summed E-state index contributed by atoms with van der Waals surface area (Å²) in [5.74, 6) is 0.623. The molecular formula is C21H26N2O3. The number of nitrogens with zero attached hydrogens (tertiary/aromatic N) is 1. The van der Waals surface area contributed by atoms with E-state index in [1.807, 2.05) is 31.2 Å². The van der Waals surface area contributed by atoms with Crippen LogP contribution in [0.5, 0.6) is 5.75 Å². The molecule has 1 aromatic heterocycles. The number of benzene rings is 1. The molecule has 0 bridgehead atoms. The summed E-state index contributed by atoms with van der Waals surface area (Å²) >= 11 is 0. The number of ether oxygens (including phenoxy) is 1. The van der Waals surface area contributed by atoms with Crippen LogP contribution in [0.2, 0.25) is 0 Å². The van der Waals surface area contributed by atoms with Crippen LogP contribution in [-0.2, 0) is 5.60 Å². The van der Waals surface area contributed by atoms with E-state index < -0.39 is 5.60 Å². The fourth-order valence-corrected chi connectivity index (χ4v) is 3.38. The Morgan fingerprint density at radius 3 is 2.81 bits per heavy atom. The fraction of sp³-hybridized carbons (Fsp3) is 0.429. The summed E-state index contributed by atoms with van der Waals surface area (Å²) in [6, 6.07) is 11.1. The van der Waals surface area contributed by atoms with Gasteiger partial charge in [-0.05, 0) is 56.4 Å². The normalized spacial score (nSPS) is 22.6. The molecule has 0 unspecified atom stereocenters. The van der Waals surface area contributed by atoms with Crippen LogP contribution in [0.4, 0.5) is 0 Å². The van der Waals surface area contributed by atoms with E-state index >= 15 is 0 Å². The van der Waals surface area contributed by atoms with Crippen LogP contribution in [0.25, 0.3) is 0 Å². The molecule has 5 nitrogen and oxygen atoms in total. The van der Waals surface area contributed by atoms with Crippen molar-refractivity contribution in [2.45, 2.75) is 50.7 Å². The molecular weight excluding hydrogens is 328 g/mol. The molecule has 1 saturated carbocycles. The van der Waals surface area contributed by atoms with Crippen LogP contribution in [0, 0.1) is 0 Å². The molecule has 0 saturated heterocycles. The van der Waals surface area contributed by atoms with Crippen molar-refractivity contribution in [1.82, 2.24) is 10.3 Å². The van der Waals surface area contributed by atoms with Gasteiger partial charge >= 0.3 is 0 Å². The number of aliphatic hydroxyl groups is 1. The van der Waals surface area contributed by atoms with E-state index in [0.717, 1.165) is 24.8 Å². The molecule has 1 aromatic carbocycles. The van der Waals surface area contributed by atoms with Crippen molar-refractivity contribution in [3.8, 4) is 5.75 Å². The van der Waals surface area contributed by atoms with Gasteiger partial charge in [0.1, 0.15) is 5.75 Å². The van der Waals surface area contributed by atoms with Gasteiger partial charge in [-0.1, -0.05) is 19.1 Å². The molecule has 1 fully saturated rings. The highest BCUT2D eigenvalue weighted by molar-refractivity contribution is 5.94. The lowest BCUT2D eigenvalue weighted by atomic mass is 9.78. The molecule has 0 spiro atoms. The lowest BCUT2D eigenvalue weighted by molar-refractivity contribution is -0.00831. The number of carbonyl (C=O) groups is 1. The molecule has 0 atom stereocenters. The van der Waals surface area contributed by atoms with Crippen LogP contribution in [0.1, 0.15) is 54.9 Å². The third kappa shape index (κ3) is 4.41. The van der Waals surface area contributed by atoms with Crippen LogP contribution in [-0.4, -0.2) is 28.6 Å². The molecule has 0 aliphatic heterocycles. The molecule has 26 heavy (non-hydrogen) atoms. The monoisotopic (exact) mass is 354 g/mol. The first-order chi connectivity index (χ1) is 12.6. The van der Waals surface area contributed by atoms with E-state index in [2.05, 4.69) is 10.3 Å². The minimum atomic E-state index is -0.844. The first-order valence-electron chi connectivity index (χ1n) is 9.27. The van der Waals surface area contributed by atoms with Crippen molar-refractivity contribution in [2.75, 3.05) is 6.61 Å². The van der Waals surface area contributed by atoms with Gasteiger partial charge < -0.3 is 15.2 Å². The number of hydrogen-bond acceptors (Lipinski definition) is 4. The first-order valence-corrected chi connectivity index (χ1v) is 9.27. The quantitative estimate of drug-likeness (QED) is 0.834. The summed E-state index contributed by atoms with van der Waals surface area (Å²) < 4.78 is 5.59. The average molecular weight is 354 g/mol. The van der Waals surface area contributed by atoms with Crippen LogP contribution < -0.4 is 10.1 Å². The topological polar surface area (TPSA) is 71.5 Å². The van der Waals surface area contributed by atoms with Gasteiger partial charge in [-0.3, -0.25) is 9.78 Å². The SMILES string of the molecule is CCCOc1cccc(C(=O)NC2CCC(O)(c3cccnc3)CC2)c1. The lowest BCUT2D eigenvalue weighted by Gasteiger charge is -2.36. The van der Waals surface area contributed by atoms with E-state index in [4.69, 9.17) is 4.74 Å². The van der Waals surface area contributed by atoms with Crippen LogP contribution >= 0.6 is 0 Å². The Morgan fingerprint density at radius 1 is 1.31 bits per heavy atom. The minimum Gasteiger partial charge on any atom is -0.494 e. The third-order valence-corrected chi connectivity index (χ3v) is 4.92. The van der Waals surface area contributed by atoms with Crippen LogP contribution in [0.3, 0.4) is 0 Å². The molecule has 1 aliphatic rings. The lowest BCUT2D eigenvalue weighted by Crippen LogP contribution is -2.42. The molecule has 138 valence electrons. The summed E-state index contributed by atoms with van der Waals surface area (Å²) in [5, 5.41) is 13.9. The van der Waals surface area contributed by atoms with E-state index in [9.17, 15) is 9.90 Å². The predicted molar refractivity (Wildman–Crippen MR) is 100 cm³/mol. The van der Waals surface area contributed by atoms with Crippen molar-refractivity contribution in [1.29, 1.82) is 0 Å². The number of pyridine rings is 1. The van der Waals surface area contributed by atoms with Crippen LogP contribution in [0.15, 0.2) is 48.8 Å². The molecule has 2 N–H and O–H groups in total. The summed E-state index contributed by atoms with van der Waals surface area (Å²) in [7, 11) is 0. The Morgan fingerprint density at radius 2 is 2.12 bits per heavy atom. The highest BCUT2D eigenvalue weighted by Gasteiger charge is 2.35. The van der Waals surface area contributed by atoms with Gasteiger partial charge in [-0.15, -0.1) is 0 Å². The zero-order valence-corrected chi connectivity index (χ0v) is 15.1. The Kier molecular flexibility index (Phi) is 5.89. The summed E-state index contributed by atoms with van der Waals surface area (Å²) in [5.41, 5.74) is 0.612. The van der Waals surface area contributed by atoms with Gasteiger partial charge in [-0.25, -0.2) is 0 Å². The second-order valence-corrected chi connectivity index (χ2v) is 6.90. The second-order valence-electron chi connectivity index (χ2n) is 6.90. The summed E-state index contributed by atoms with van der Waals surface area (Å²) in [4.78, 5) is 16.6. The van der Waals surface area contributed by atoms with Gasteiger partial charge in [0.15, 0.2) is 0 Å². The number of hydrogen-bond donors (Lipinski definition) is 2. The van der Waals surface area contributed by atoms with Crippen molar-refractivity contribution in [2.24, 2.45) is 0 Å². The number of rotatable bonds is 6.